The summed E-state index contributed by atoms with van der Waals surface area (Å²) in [6.07, 6.45) is -0.187. The second kappa shape index (κ2) is 5.37. The van der Waals surface area contributed by atoms with Gasteiger partial charge in [-0.3, -0.25) is 4.79 Å². The predicted octanol–water partition coefficient (Wildman–Crippen LogP) is 1.95. The van der Waals surface area contributed by atoms with E-state index in [4.69, 9.17) is 15.6 Å². The molecule has 0 aliphatic rings. The van der Waals surface area contributed by atoms with Gasteiger partial charge in [-0.2, -0.15) is 0 Å². The molecule has 0 saturated carbocycles. The maximum absolute atomic E-state index is 10.7. The first-order valence-corrected chi connectivity index (χ1v) is 5.71. The van der Waals surface area contributed by atoms with E-state index in [1.807, 2.05) is 0 Å². The smallest absolute Gasteiger partial charge is 0.305 e. The van der Waals surface area contributed by atoms with E-state index < -0.39 is 12.0 Å². The zero-order valence-corrected chi connectivity index (χ0v) is 11.1. The van der Waals surface area contributed by atoms with Crippen LogP contribution in [-0.2, 0) is 4.79 Å². The molecule has 0 aliphatic carbocycles. The van der Waals surface area contributed by atoms with Crippen LogP contribution in [0.5, 0.6) is 11.5 Å². The van der Waals surface area contributed by atoms with Crippen LogP contribution in [0.25, 0.3) is 0 Å². The van der Waals surface area contributed by atoms with Crippen LogP contribution in [0.3, 0.4) is 0 Å². The van der Waals surface area contributed by atoms with Crippen LogP contribution >= 0.6 is 15.9 Å². The molecule has 1 rings (SSSR count). The molecule has 5 nitrogen and oxygen atoms in total. The topological polar surface area (TPSA) is 92.8 Å². The first-order chi connectivity index (χ1) is 7.88. The monoisotopic (exact) mass is 303 g/mol. The lowest BCUT2D eigenvalue weighted by Crippen LogP contribution is -2.17. The molecule has 0 heterocycles. The van der Waals surface area contributed by atoms with Crippen LogP contribution in [0.4, 0.5) is 0 Å². The standard InChI is InChI=1S/C11H14BrNO4/c1-5-3-7(14)11(17-2)10(12)9(5)6(13)4-8(15)16/h3,6,14H,4,13H2,1-2H3,(H,15,16). The lowest BCUT2D eigenvalue weighted by Gasteiger charge is -2.18. The van der Waals surface area contributed by atoms with E-state index in [0.717, 1.165) is 0 Å². The third-order valence-corrected chi connectivity index (χ3v) is 3.20. The molecule has 0 bridgehead atoms. The number of halogens is 1. The third-order valence-electron chi connectivity index (χ3n) is 2.42. The zero-order valence-electron chi connectivity index (χ0n) is 9.53. The largest absolute Gasteiger partial charge is 0.504 e. The van der Waals surface area contributed by atoms with E-state index in [2.05, 4.69) is 15.9 Å². The van der Waals surface area contributed by atoms with Gasteiger partial charge in [0, 0.05) is 6.04 Å². The number of methoxy groups -OCH3 is 1. The number of aliphatic carboxylic acids is 1. The van der Waals surface area contributed by atoms with Crippen molar-refractivity contribution in [1.82, 2.24) is 0 Å². The Kier molecular flexibility index (Phi) is 4.36. The van der Waals surface area contributed by atoms with Crippen LogP contribution in [0.1, 0.15) is 23.6 Å². The Balaban J connectivity index is 3.28. The molecule has 1 aromatic carbocycles. The van der Waals surface area contributed by atoms with Crippen molar-refractivity contribution in [2.75, 3.05) is 7.11 Å². The number of ether oxygens (including phenoxy) is 1. The summed E-state index contributed by atoms with van der Waals surface area (Å²) in [6, 6.07) is 0.844. The fraction of sp³-hybridized carbons (Fsp3) is 0.364. The quantitative estimate of drug-likeness (QED) is 0.790. The number of hydrogen-bond acceptors (Lipinski definition) is 4. The number of carboxylic acids is 1. The highest BCUT2D eigenvalue weighted by Gasteiger charge is 2.21. The summed E-state index contributed by atoms with van der Waals surface area (Å²) in [5, 5.41) is 18.4. The molecule has 0 radical (unpaired) electrons. The minimum atomic E-state index is -0.976. The molecule has 0 aliphatic heterocycles. The third kappa shape index (κ3) is 2.89. The summed E-state index contributed by atoms with van der Waals surface area (Å²) < 4.78 is 5.52. The van der Waals surface area contributed by atoms with E-state index in [9.17, 15) is 9.90 Å². The van der Waals surface area contributed by atoms with Gasteiger partial charge in [0.1, 0.15) is 0 Å². The summed E-state index contributed by atoms with van der Waals surface area (Å²) in [5.74, 6) is -0.731. The summed E-state index contributed by atoms with van der Waals surface area (Å²) in [7, 11) is 1.42. The van der Waals surface area contributed by atoms with Crippen molar-refractivity contribution in [1.29, 1.82) is 0 Å². The molecule has 1 aromatic rings. The van der Waals surface area contributed by atoms with E-state index >= 15 is 0 Å². The minimum absolute atomic E-state index is 0.0110. The minimum Gasteiger partial charge on any atom is -0.504 e. The second-order valence-electron chi connectivity index (χ2n) is 3.68. The van der Waals surface area contributed by atoms with E-state index in [1.165, 1.54) is 13.2 Å². The lowest BCUT2D eigenvalue weighted by atomic mass is 9.98. The van der Waals surface area contributed by atoms with E-state index in [1.54, 1.807) is 6.92 Å². The molecule has 0 aromatic heterocycles. The fourth-order valence-corrected chi connectivity index (χ4v) is 2.67. The number of carboxylic acid groups (broad SMARTS) is 1. The molecule has 0 spiro atoms. The van der Waals surface area contributed by atoms with Gasteiger partial charge in [0.2, 0.25) is 0 Å². The van der Waals surface area contributed by atoms with Gasteiger partial charge in [-0.1, -0.05) is 0 Å². The number of phenolic OH excluding ortho intramolecular Hbond substituents is 1. The maximum Gasteiger partial charge on any atom is 0.305 e. The van der Waals surface area contributed by atoms with Crippen molar-refractivity contribution in [2.45, 2.75) is 19.4 Å². The van der Waals surface area contributed by atoms with Gasteiger partial charge >= 0.3 is 5.97 Å². The number of benzene rings is 1. The number of aromatic hydroxyl groups is 1. The van der Waals surface area contributed by atoms with Crippen LogP contribution in [0, 0.1) is 6.92 Å². The SMILES string of the molecule is COc1c(O)cc(C)c(C(N)CC(=O)O)c1Br. The summed E-state index contributed by atoms with van der Waals surface area (Å²) in [6.45, 7) is 1.75. The average Bonchev–Trinajstić information content (AvgIpc) is 2.15. The summed E-state index contributed by atoms with van der Waals surface area (Å²) in [4.78, 5) is 10.7. The van der Waals surface area contributed by atoms with Gasteiger partial charge in [0.05, 0.1) is 18.0 Å². The van der Waals surface area contributed by atoms with Crippen molar-refractivity contribution in [2.24, 2.45) is 5.73 Å². The van der Waals surface area contributed by atoms with Crippen molar-refractivity contribution >= 4 is 21.9 Å². The zero-order chi connectivity index (χ0) is 13.2. The Morgan fingerprint density at radius 1 is 1.65 bits per heavy atom. The highest BCUT2D eigenvalue weighted by Crippen LogP contribution is 2.41. The normalized spacial score (nSPS) is 12.2. The Hall–Kier alpha value is -1.27. The summed E-state index contributed by atoms with van der Waals surface area (Å²) in [5.41, 5.74) is 7.16. The second-order valence-corrected chi connectivity index (χ2v) is 4.47. The summed E-state index contributed by atoms with van der Waals surface area (Å²) >= 11 is 3.28. The highest BCUT2D eigenvalue weighted by atomic mass is 79.9. The van der Waals surface area contributed by atoms with Gasteiger partial charge in [-0.15, -0.1) is 0 Å². The van der Waals surface area contributed by atoms with Gasteiger partial charge in [0.15, 0.2) is 11.5 Å². The first-order valence-electron chi connectivity index (χ1n) is 4.91. The first kappa shape index (κ1) is 13.8. The Morgan fingerprint density at radius 3 is 2.71 bits per heavy atom. The molecule has 0 saturated heterocycles. The molecule has 4 N–H and O–H groups in total. The number of carbonyl (C=O) groups is 1. The van der Waals surface area contributed by atoms with Gasteiger partial charge < -0.3 is 20.7 Å². The molecule has 1 atom stereocenters. The predicted molar refractivity (Wildman–Crippen MR) is 66.3 cm³/mol. The van der Waals surface area contributed by atoms with Crippen LogP contribution in [0.15, 0.2) is 10.5 Å². The Labute approximate surface area is 107 Å². The van der Waals surface area contributed by atoms with Crippen molar-refractivity contribution < 1.29 is 19.7 Å². The fourth-order valence-electron chi connectivity index (χ4n) is 1.70. The molecule has 17 heavy (non-hydrogen) atoms. The van der Waals surface area contributed by atoms with Crippen LogP contribution in [-0.4, -0.2) is 23.3 Å². The van der Waals surface area contributed by atoms with E-state index in [-0.39, 0.29) is 17.9 Å². The molecule has 1 unspecified atom stereocenters. The van der Waals surface area contributed by atoms with Crippen LogP contribution < -0.4 is 10.5 Å². The molecule has 0 amide bonds. The van der Waals surface area contributed by atoms with Crippen molar-refractivity contribution in [3.8, 4) is 11.5 Å². The van der Waals surface area contributed by atoms with Gasteiger partial charge in [0.25, 0.3) is 0 Å². The average molecular weight is 304 g/mol. The van der Waals surface area contributed by atoms with Gasteiger partial charge in [-0.25, -0.2) is 0 Å². The van der Waals surface area contributed by atoms with Gasteiger partial charge in [-0.05, 0) is 40.0 Å². The number of nitrogens with two attached hydrogens (primary N) is 1. The van der Waals surface area contributed by atoms with Crippen molar-refractivity contribution in [3.05, 3.63) is 21.7 Å². The van der Waals surface area contributed by atoms with Crippen LogP contribution in [0.2, 0.25) is 0 Å². The molecule has 6 heteroatoms. The number of rotatable bonds is 4. The Bertz CT molecular complexity index is 448. The number of aryl methyl sites for hydroxylation is 1. The van der Waals surface area contributed by atoms with E-state index in [0.29, 0.717) is 15.6 Å². The number of hydrogen-bond donors (Lipinski definition) is 3. The maximum atomic E-state index is 10.7. The van der Waals surface area contributed by atoms with Crippen molar-refractivity contribution in [3.63, 3.8) is 0 Å². The number of phenols is 1. The molecule has 0 fully saturated rings. The Morgan fingerprint density at radius 2 is 2.24 bits per heavy atom. The molecular weight excluding hydrogens is 290 g/mol. The molecular formula is C11H14BrNO4. The highest BCUT2D eigenvalue weighted by molar-refractivity contribution is 9.10. The molecule has 94 valence electrons. The lowest BCUT2D eigenvalue weighted by molar-refractivity contribution is -0.137.